The summed E-state index contributed by atoms with van der Waals surface area (Å²) in [6.07, 6.45) is 0. The molecule has 20 heavy (non-hydrogen) atoms. The maximum atomic E-state index is 12.4. The van der Waals surface area contributed by atoms with Crippen LogP contribution in [0, 0.1) is 0 Å². The highest BCUT2D eigenvalue weighted by molar-refractivity contribution is 9.10. The Labute approximate surface area is 135 Å². The van der Waals surface area contributed by atoms with Crippen LogP contribution in [-0.2, 0) is 15.6 Å². The monoisotopic (exact) mass is 393 g/mol. The zero-order valence-electron chi connectivity index (χ0n) is 10.1. The van der Waals surface area contributed by atoms with Gasteiger partial charge < -0.3 is 5.73 Å². The molecule has 2 N–H and O–H groups in total. The average molecular weight is 395 g/mol. The molecule has 2 aromatic carbocycles. The smallest absolute Gasteiger partial charge is 0.184 e. The lowest BCUT2D eigenvalue weighted by Gasteiger charge is -2.09. The Morgan fingerprint density at radius 3 is 2.50 bits per heavy atom. The molecule has 0 aliphatic carbocycles. The zero-order chi connectivity index (χ0) is 14.9. The van der Waals surface area contributed by atoms with Gasteiger partial charge in [-0.2, -0.15) is 0 Å². The summed E-state index contributed by atoms with van der Waals surface area (Å²) in [6.45, 7) is 0. The highest BCUT2D eigenvalue weighted by Gasteiger charge is 2.20. The van der Waals surface area contributed by atoms with E-state index in [0.717, 1.165) is 4.47 Å². The fourth-order valence-electron chi connectivity index (χ4n) is 1.74. The van der Waals surface area contributed by atoms with E-state index in [1.54, 1.807) is 30.3 Å². The molecule has 2 rings (SSSR count). The first-order valence-corrected chi connectivity index (χ1v) is 8.72. The van der Waals surface area contributed by atoms with Gasteiger partial charge in [0.05, 0.1) is 26.4 Å². The van der Waals surface area contributed by atoms with E-state index >= 15 is 0 Å². The van der Waals surface area contributed by atoms with Gasteiger partial charge in [-0.05, 0) is 29.8 Å². The fraction of sp³-hybridized carbons (Fsp3) is 0.0769. The summed E-state index contributed by atoms with van der Waals surface area (Å²) in [5.41, 5.74) is 6.40. The predicted molar refractivity (Wildman–Crippen MR) is 85.9 cm³/mol. The summed E-state index contributed by atoms with van der Waals surface area (Å²) in [7, 11) is -3.59. The second-order valence-corrected chi connectivity index (χ2v) is 7.81. The maximum absolute atomic E-state index is 12.4. The van der Waals surface area contributed by atoms with Gasteiger partial charge in [0.25, 0.3) is 0 Å². The third-order valence-corrected chi connectivity index (χ3v) is 5.77. The lowest BCUT2D eigenvalue weighted by molar-refractivity contribution is 0.595. The van der Waals surface area contributed by atoms with Crippen molar-refractivity contribution in [3.8, 4) is 0 Å². The highest BCUT2D eigenvalue weighted by Crippen LogP contribution is 2.30. The number of anilines is 1. The van der Waals surface area contributed by atoms with E-state index in [1.165, 1.54) is 6.07 Å². The van der Waals surface area contributed by atoms with Gasteiger partial charge in [-0.25, -0.2) is 8.42 Å². The van der Waals surface area contributed by atoms with Crippen LogP contribution < -0.4 is 5.73 Å². The molecule has 0 heterocycles. The minimum absolute atomic E-state index is 0.0803. The van der Waals surface area contributed by atoms with Gasteiger partial charge in [-0.1, -0.05) is 51.3 Å². The van der Waals surface area contributed by atoms with Crippen LogP contribution in [0.4, 0.5) is 5.69 Å². The van der Waals surface area contributed by atoms with Gasteiger partial charge in [0, 0.05) is 4.47 Å². The minimum atomic E-state index is -3.59. The van der Waals surface area contributed by atoms with Crippen LogP contribution in [0.5, 0.6) is 0 Å². The molecule has 0 unspecified atom stereocenters. The van der Waals surface area contributed by atoms with E-state index in [4.69, 9.17) is 28.9 Å². The van der Waals surface area contributed by atoms with Crippen LogP contribution in [0.25, 0.3) is 0 Å². The van der Waals surface area contributed by atoms with Crippen LogP contribution in [0.15, 0.2) is 45.8 Å². The van der Waals surface area contributed by atoms with Crippen molar-refractivity contribution in [2.75, 3.05) is 5.73 Å². The van der Waals surface area contributed by atoms with Crippen LogP contribution in [0.1, 0.15) is 5.56 Å². The number of sulfone groups is 1. The highest BCUT2D eigenvalue weighted by atomic mass is 79.9. The lowest BCUT2D eigenvalue weighted by Crippen LogP contribution is -2.08. The molecule has 0 aliphatic rings. The van der Waals surface area contributed by atoms with Crippen molar-refractivity contribution in [1.29, 1.82) is 0 Å². The summed E-state index contributed by atoms with van der Waals surface area (Å²) in [5.74, 6) is -0.252. The Morgan fingerprint density at radius 2 is 1.85 bits per heavy atom. The van der Waals surface area contributed by atoms with Crippen LogP contribution in [0.2, 0.25) is 10.0 Å². The van der Waals surface area contributed by atoms with Crippen LogP contribution >= 0.6 is 39.1 Å². The van der Waals surface area contributed by atoms with Gasteiger partial charge in [-0.3, -0.25) is 0 Å². The first kappa shape index (κ1) is 15.6. The van der Waals surface area contributed by atoms with Crippen LogP contribution in [-0.4, -0.2) is 8.42 Å². The van der Waals surface area contributed by atoms with Crippen molar-refractivity contribution in [3.63, 3.8) is 0 Å². The first-order valence-electron chi connectivity index (χ1n) is 5.52. The van der Waals surface area contributed by atoms with Crippen molar-refractivity contribution >= 4 is 54.7 Å². The largest absolute Gasteiger partial charge is 0.398 e. The van der Waals surface area contributed by atoms with E-state index < -0.39 is 9.84 Å². The molecule has 0 fully saturated rings. The molecule has 0 saturated carbocycles. The molecular formula is C13H10BrCl2NO2S. The second-order valence-electron chi connectivity index (χ2n) is 4.15. The quantitative estimate of drug-likeness (QED) is 0.789. The van der Waals surface area contributed by atoms with Crippen molar-refractivity contribution < 1.29 is 8.42 Å². The molecular weight excluding hydrogens is 385 g/mol. The van der Waals surface area contributed by atoms with E-state index in [9.17, 15) is 8.42 Å². The molecule has 3 nitrogen and oxygen atoms in total. The molecule has 0 aromatic heterocycles. The molecule has 0 aliphatic heterocycles. The molecule has 0 spiro atoms. The summed E-state index contributed by atoms with van der Waals surface area (Å²) in [5, 5.41) is 0.566. The number of nitrogen functional groups attached to an aromatic ring is 1. The Bertz CT molecular complexity index is 763. The Morgan fingerprint density at radius 1 is 1.15 bits per heavy atom. The fourth-order valence-corrected chi connectivity index (χ4v) is 4.09. The molecule has 0 radical (unpaired) electrons. The Hall–Kier alpha value is -0.750. The molecule has 0 amide bonds. The number of nitrogens with two attached hydrogens (primary N) is 1. The Kier molecular flexibility index (Phi) is 4.64. The predicted octanol–water partition coefficient (Wildman–Crippen LogP) is 4.31. The molecule has 2 aromatic rings. The summed E-state index contributed by atoms with van der Waals surface area (Å²) < 4.78 is 25.5. The maximum Gasteiger partial charge on any atom is 0.184 e. The number of hydrogen-bond donors (Lipinski definition) is 1. The van der Waals surface area contributed by atoms with E-state index in [2.05, 4.69) is 15.9 Å². The van der Waals surface area contributed by atoms with Crippen molar-refractivity contribution in [2.24, 2.45) is 0 Å². The third-order valence-electron chi connectivity index (χ3n) is 2.68. The zero-order valence-corrected chi connectivity index (χ0v) is 14.0. The average Bonchev–Trinajstić information content (AvgIpc) is 2.34. The third kappa shape index (κ3) is 3.28. The number of halogens is 3. The summed E-state index contributed by atoms with van der Waals surface area (Å²) in [6, 6.07) is 9.53. The van der Waals surface area contributed by atoms with Gasteiger partial charge in [0.15, 0.2) is 9.84 Å². The normalized spacial score (nSPS) is 11.6. The molecule has 0 bridgehead atoms. The van der Waals surface area contributed by atoms with Gasteiger partial charge in [0.1, 0.15) is 0 Å². The van der Waals surface area contributed by atoms with E-state index in [1.807, 2.05) is 0 Å². The van der Waals surface area contributed by atoms with Crippen molar-refractivity contribution in [3.05, 3.63) is 56.5 Å². The lowest BCUT2D eigenvalue weighted by atomic mass is 10.2. The first-order chi connectivity index (χ1) is 9.31. The summed E-state index contributed by atoms with van der Waals surface area (Å²) >= 11 is 15.1. The number of rotatable bonds is 3. The van der Waals surface area contributed by atoms with Crippen LogP contribution in [0.3, 0.4) is 0 Å². The van der Waals surface area contributed by atoms with E-state index in [0.29, 0.717) is 10.6 Å². The van der Waals surface area contributed by atoms with Crippen molar-refractivity contribution in [2.45, 2.75) is 10.6 Å². The molecule has 7 heteroatoms. The Balaban J connectivity index is 2.44. The summed E-state index contributed by atoms with van der Waals surface area (Å²) in [4.78, 5) is 0.0803. The van der Waals surface area contributed by atoms with Gasteiger partial charge in [0.2, 0.25) is 0 Å². The van der Waals surface area contributed by atoms with Gasteiger partial charge >= 0.3 is 0 Å². The number of benzene rings is 2. The number of hydrogen-bond acceptors (Lipinski definition) is 3. The minimum Gasteiger partial charge on any atom is -0.398 e. The van der Waals surface area contributed by atoms with E-state index in [-0.39, 0.29) is 21.4 Å². The van der Waals surface area contributed by atoms with Crippen molar-refractivity contribution in [1.82, 2.24) is 0 Å². The molecule has 106 valence electrons. The topological polar surface area (TPSA) is 60.2 Å². The SMILES string of the molecule is Nc1cc(Br)ccc1S(=O)(=O)Cc1cccc(Cl)c1Cl. The standard InChI is InChI=1S/C13H10BrCl2NO2S/c14-9-4-5-12(11(17)6-9)20(18,19)7-8-2-1-3-10(15)13(8)16/h1-6H,7,17H2. The van der Waals surface area contributed by atoms with Gasteiger partial charge in [-0.15, -0.1) is 0 Å². The molecule has 0 atom stereocenters. The second kappa shape index (κ2) is 5.93. The molecule has 0 saturated heterocycles.